The van der Waals surface area contributed by atoms with Gasteiger partial charge in [0.2, 0.25) is 0 Å². The number of likely N-dealkylation sites (tertiary alicyclic amines) is 1. The fourth-order valence-electron chi connectivity index (χ4n) is 1.72. The molecule has 4 nitrogen and oxygen atoms in total. The molecule has 1 aliphatic heterocycles. The molecule has 0 aromatic heterocycles. The van der Waals surface area contributed by atoms with Crippen LogP contribution < -0.4 is 5.73 Å². The van der Waals surface area contributed by atoms with E-state index in [1.807, 2.05) is 0 Å². The standard InChI is InChI=1S/C9H20N4/c1-12(2)8-3-5-13(7-8)6-4-9(10)11/h8H,3-7H2,1-2H3,(H3,10,11). The second-order valence-electron chi connectivity index (χ2n) is 3.98. The van der Waals surface area contributed by atoms with E-state index in [0.29, 0.717) is 18.3 Å². The van der Waals surface area contributed by atoms with E-state index in [9.17, 15) is 0 Å². The van der Waals surface area contributed by atoms with Gasteiger partial charge >= 0.3 is 0 Å². The van der Waals surface area contributed by atoms with Crippen LogP contribution in [-0.2, 0) is 0 Å². The number of amidine groups is 1. The van der Waals surface area contributed by atoms with Crippen molar-refractivity contribution in [1.82, 2.24) is 9.80 Å². The molecule has 1 rings (SSSR count). The van der Waals surface area contributed by atoms with Crippen molar-refractivity contribution in [2.24, 2.45) is 5.73 Å². The maximum atomic E-state index is 7.13. The van der Waals surface area contributed by atoms with Crippen molar-refractivity contribution in [2.75, 3.05) is 33.7 Å². The molecular weight excluding hydrogens is 164 g/mol. The zero-order valence-electron chi connectivity index (χ0n) is 8.58. The van der Waals surface area contributed by atoms with Crippen molar-refractivity contribution in [3.8, 4) is 0 Å². The van der Waals surface area contributed by atoms with Gasteiger partial charge in [-0.2, -0.15) is 0 Å². The Bertz CT molecular complexity index is 178. The topological polar surface area (TPSA) is 56.4 Å². The third kappa shape index (κ3) is 3.32. The highest BCUT2D eigenvalue weighted by atomic mass is 15.2. The third-order valence-corrected chi connectivity index (χ3v) is 2.68. The Labute approximate surface area is 80.2 Å². The highest BCUT2D eigenvalue weighted by Gasteiger charge is 2.23. The number of nitrogens with zero attached hydrogens (tertiary/aromatic N) is 2. The zero-order valence-corrected chi connectivity index (χ0v) is 8.58. The molecular formula is C9H20N4. The molecule has 0 bridgehead atoms. The van der Waals surface area contributed by atoms with Crippen molar-refractivity contribution in [1.29, 1.82) is 5.41 Å². The Hall–Kier alpha value is -0.610. The summed E-state index contributed by atoms with van der Waals surface area (Å²) in [6.07, 6.45) is 1.95. The Morgan fingerprint density at radius 2 is 2.31 bits per heavy atom. The van der Waals surface area contributed by atoms with E-state index in [0.717, 1.165) is 19.6 Å². The lowest BCUT2D eigenvalue weighted by molar-refractivity contribution is 0.272. The fourth-order valence-corrected chi connectivity index (χ4v) is 1.72. The van der Waals surface area contributed by atoms with E-state index < -0.39 is 0 Å². The first kappa shape index (κ1) is 10.5. The van der Waals surface area contributed by atoms with Crippen LogP contribution in [0.2, 0.25) is 0 Å². The summed E-state index contributed by atoms with van der Waals surface area (Å²) in [7, 11) is 4.25. The summed E-state index contributed by atoms with van der Waals surface area (Å²) in [5.41, 5.74) is 5.31. The molecule has 3 N–H and O–H groups in total. The SMILES string of the molecule is CN(C)C1CCN(CCC(=N)N)C1. The minimum absolute atomic E-state index is 0.299. The first-order valence-corrected chi connectivity index (χ1v) is 4.81. The first-order chi connectivity index (χ1) is 6.09. The second kappa shape index (κ2) is 4.58. The van der Waals surface area contributed by atoms with Crippen LogP contribution in [0.25, 0.3) is 0 Å². The summed E-state index contributed by atoms with van der Waals surface area (Å²) in [6, 6.07) is 0.687. The Kier molecular flexibility index (Phi) is 3.69. The van der Waals surface area contributed by atoms with Gasteiger partial charge in [0.15, 0.2) is 0 Å². The van der Waals surface area contributed by atoms with E-state index in [2.05, 4.69) is 23.9 Å². The molecule has 1 fully saturated rings. The van der Waals surface area contributed by atoms with Crippen molar-refractivity contribution < 1.29 is 0 Å². The van der Waals surface area contributed by atoms with E-state index in [4.69, 9.17) is 11.1 Å². The van der Waals surface area contributed by atoms with Crippen LogP contribution in [0.5, 0.6) is 0 Å². The van der Waals surface area contributed by atoms with Crippen LogP contribution in [0.15, 0.2) is 0 Å². The van der Waals surface area contributed by atoms with E-state index in [-0.39, 0.29) is 0 Å². The summed E-state index contributed by atoms with van der Waals surface area (Å²) in [5.74, 6) is 0.299. The van der Waals surface area contributed by atoms with Gasteiger partial charge in [-0.3, -0.25) is 5.41 Å². The monoisotopic (exact) mass is 184 g/mol. The molecule has 0 radical (unpaired) electrons. The molecule has 76 valence electrons. The zero-order chi connectivity index (χ0) is 9.84. The Balaban J connectivity index is 2.21. The molecule has 1 saturated heterocycles. The number of hydrogen-bond donors (Lipinski definition) is 2. The highest BCUT2D eigenvalue weighted by molar-refractivity contribution is 5.76. The molecule has 0 aromatic carbocycles. The highest BCUT2D eigenvalue weighted by Crippen LogP contribution is 2.12. The average Bonchev–Trinajstić information content (AvgIpc) is 2.48. The van der Waals surface area contributed by atoms with Gasteiger partial charge in [-0.25, -0.2) is 0 Å². The number of rotatable bonds is 4. The minimum atomic E-state index is 0.299. The maximum absolute atomic E-state index is 7.13. The van der Waals surface area contributed by atoms with Crippen molar-refractivity contribution in [2.45, 2.75) is 18.9 Å². The smallest absolute Gasteiger partial charge is 0.0918 e. The van der Waals surface area contributed by atoms with Crippen LogP contribution in [0.3, 0.4) is 0 Å². The van der Waals surface area contributed by atoms with Gasteiger partial charge in [0.1, 0.15) is 0 Å². The maximum Gasteiger partial charge on any atom is 0.0918 e. The number of likely N-dealkylation sites (N-methyl/N-ethyl adjacent to an activating group) is 1. The van der Waals surface area contributed by atoms with Gasteiger partial charge in [-0.15, -0.1) is 0 Å². The van der Waals surface area contributed by atoms with E-state index in [1.54, 1.807) is 0 Å². The van der Waals surface area contributed by atoms with Gasteiger partial charge in [0, 0.05) is 25.6 Å². The van der Waals surface area contributed by atoms with Crippen molar-refractivity contribution >= 4 is 5.84 Å². The van der Waals surface area contributed by atoms with E-state index in [1.165, 1.54) is 6.42 Å². The molecule has 1 atom stereocenters. The first-order valence-electron chi connectivity index (χ1n) is 4.81. The molecule has 13 heavy (non-hydrogen) atoms. The largest absolute Gasteiger partial charge is 0.388 e. The fraction of sp³-hybridized carbons (Fsp3) is 0.889. The van der Waals surface area contributed by atoms with E-state index >= 15 is 0 Å². The Morgan fingerprint density at radius 1 is 1.62 bits per heavy atom. The summed E-state index contributed by atoms with van der Waals surface area (Å²) in [4.78, 5) is 4.65. The summed E-state index contributed by atoms with van der Waals surface area (Å²) in [5, 5.41) is 7.13. The van der Waals surface area contributed by atoms with Crippen LogP contribution in [-0.4, -0.2) is 55.4 Å². The van der Waals surface area contributed by atoms with Gasteiger partial charge in [0.05, 0.1) is 5.84 Å². The molecule has 1 heterocycles. The molecule has 1 unspecified atom stereocenters. The average molecular weight is 184 g/mol. The van der Waals surface area contributed by atoms with Crippen LogP contribution in [0.4, 0.5) is 0 Å². The molecule has 0 spiro atoms. The number of nitrogens with two attached hydrogens (primary N) is 1. The molecule has 0 aromatic rings. The summed E-state index contributed by atoms with van der Waals surface area (Å²) >= 11 is 0. The summed E-state index contributed by atoms with van der Waals surface area (Å²) in [6.45, 7) is 3.22. The molecule has 1 aliphatic rings. The lowest BCUT2D eigenvalue weighted by Gasteiger charge is -2.20. The lowest BCUT2D eigenvalue weighted by atomic mass is 10.2. The number of hydrogen-bond acceptors (Lipinski definition) is 3. The Morgan fingerprint density at radius 3 is 2.77 bits per heavy atom. The molecule has 0 saturated carbocycles. The van der Waals surface area contributed by atoms with Crippen LogP contribution in [0, 0.1) is 5.41 Å². The third-order valence-electron chi connectivity index (χ3n) is 2.68. The number of nitrogens with one attached hydrogen (secondary N) is 1. The van der Waals surface area contributed by atoms with Crippen molar-refractivity contribution in [3.05, 3.63) is 0 Å². The quantitative estimate of drug-likeness (QED) is 0.476. The van der Waals surface area contributed by atoms with Gasteiger partial charge in [-0.05, 0) is 27.1 Å². The van der Waals surface area contributed by atoms with Crippen LogP contribution in [0.1, 0.15) is 12.8 Å². The second-order valence-corrected chi connectivity index (χ2v) is 3.98. The predicted molar refractivity (Wildman–Crippen MR) is 55.1 cm³/mol. The van der Waals surface area contributed by atoms with Gasteiger partial charge in [-0.1, -0.05) is 0 Å². The van der Waals surface area contributed by atoms with Gasteiger partial charge in [0.25, 0.3) is 0 Å². The molecule has 0 amide bonds. The molecule has 4 heteroatoms. The predicted octanol–water partition coefficient (Wildman–Crippen LogP) is -0.0516. The minimum Gasteiger partial charge on any atom is -0.388 e. The van der Waals surface area contributed by atoms with Crippen molar-refractivity contribution in [3.63, 3.8) is 0 Å². The summed E-state index contributed by atoms with van der Waals surface area (Å²) < 4.78 is 0. The normalized spacial score (nSPS) is 24.1. The molecule has 0 aliphatic carbocycles. The lowest BCUT2D eigenvalue weighted by Crippen LogP contribution is -2.32. The van der Waals surface area contributed by atoms with Crippen LogP contribution >= 0.6 is 0 Å². The van der Waals surface area contributed by atoms with Gasteiger partial charge < -0.3 is 15.5 Å².